The van der Waals surface area contributed by atoms with Crippen molar-refractivity contribution < 1.29 is 8.42 Å². The lowest BCUT2D eigenvalue weighted by Gasteiger charge is -2.22. The largest absolute Gasteiger partial charge is 0.352 e. The molecule has 0 aliphatic carbocycles. The fourth-order valence-corrected chi connectivity index (χ4v) is 4.56. The lowest BCUT2D eigenvalue weighted by molar-refractivity contribution is 0.410. The first-order valence-electron chi connectivity index (χ1n) is 9.05. The molecule has 0 radical (unpaired) electrons. The van der Waals surface area contributed by atoms with Gasteiger partial charge in [0.1, 0.15) is 0 Å². The number of benzene rings is 1. The van der Waals surface area contributed by atoms with Crippen LogP contribution in [0.15, 0.2) is 39.5 Å². The number of nitrogens with one attached hydrogen (secondary N) is 1. The van der Waals surface area contributed by atoms with E-state index in [0.29, 0.717) is 18.0 Å². The Hall–Kier alpha value is -1.24. The molecule has 2 aromatic rings. The van der Waals surface area contributed by atoms with Gasteiger partial charge in [0.25, 0.3) is 0 Å². The molecule has 0 bridgehead atoms. The van der Waals surface area contributed by atoms with E-state index in [2.05, 4.69) is 15.3 Å². The topological polar surface area (TPSA) is 77.9 Å². The highest BCUT2D eigenvalue weighted by Crippen LogP contribution is 2.17. The second kappa shape index (κ2) is 11.2. The first-order chi connectivity index (χ1) is 13.1. The van der Waals surface area contributed by atoms with E-state index in [4.69, 9.17) is 0 Å². The average molecular weight is 552 g/mol. The minimum Gasteiger partial charge on any atom is -0.352 e. The quantitative estimate of drug-likeness (QED) is 0.325. The smallest absolute Gasteiger partial charge is 0.243 e. The zero-order valence-electron chi connectivity index (χ0n) is 17.7. The van der Waals surface area contributed by atoms with Crippen LogP contribution in [0.25, 0.3) is 0 Å². The Balaban J connectivity index is 0.00000420. The Morgan fingerprint density at radius 2 is 1.86 bits per heavy atom. The molecule has 0 spiro atoms. The summed E-state index contributed by atoms with van der Waals surface area (Å²) in [4.78, 5) is 11.1. The predicted octanol–water partition coefficient (Wildman–Crippen LogP) is 3.31. The second-order valence-corrected chi connectivity index (χ2v) is 9.93. The van der Waals surface area contributed by atoms with E-state index in [9.17, 15) is 8.42 Å². The standard InChI is InChI=1S/C19H29N5O2S2.HI/c1-14(2)24(6)28(25,26)18-9-7-16(8-10-18)11-21-19(20-4)23(5)12-17-13-27-15(3)22-17;/h7-10,13-14H,11-12H2,1-6H3,(H,20,21);1H. The SMILES string of the molecule is CN=C(NCc1ccc(S(=O)(=O)N(C)C(C)C)cc1)N(C)Cc1csc(C)n1.I. The summed E-state index contributed by atoms with van der Waals surface area (Å²) in [7, 11) is 1.83. The third-order valence-corrected chi connectivity index (χ3v) is 7.29. The van der Waals surface area contributed by atoms with Crippen molar-refractivity contribution in [1.82, 2.24) is 19.5 Å². The maximum atomic E-state index is 12.5. The van der Waals surface area contributed by atoms with Gasteiger partial charge in [0.15, 0.2) is 5.96 Å². The molecule has 0 amide bonds. The normalized spacial score (nSPS) is 12.2. The molecule has 29 heavy (non-hydrogen) atoms. The summed E-state index contributed by atoms with van der Waals surface area (Å²) in [5.74, 6) is 0.752. The van der Waals surface area contributed by atoms with E-state index in [1.165, 1.54) is 4.31 Å². The molecular weight excluding hydrogens is 521 g/mol. The fourth-order valence-electron chi connectivity index (χ4n) is 2.59. The highest BCUT2D eigenvalue weighted by atomic mass is 127. The molecule has 2 rings (SSSR count). The average Bonchev–Trinajstić information content (AvgIpc) is 3.06. The minimum atomic E-state index is -3.46. The van der Waals surface area contributed by atoms with Gasteiger partial charge in [-0.15, -0.1) is 35.3 Å². The zero-order valence-corrected chi connectivity index (χ0v) is 21.7. The Kier molecular flexibility index (Phi) is 9.99. The molecule has 0 aliphatic heterocycles. The van der Waals surface area contributed by atoms with E-state index in [1.54, 1.807) is 37.6 Å². The van der Waals surface area contributed by atoms with Gasteiger partial charge in [-0.1, -0.05) is 12.1 Å². The predicted molar refractivity (Wildman–Crippen MR) is 130 cm³/mol. The molecule has 0 aliphatic rings. The Bertz CT molecular complexity index is 911. The number of nitrogens with zero attached hydrogens (tertiary/aromatic N) is 4. The van der Waals surface area contributed by atoms with Crippen molar-refractivity contribution in [3.05, 3.63) is 45.9 Å². The highest BCUT2D eigenvalue weighted by Gasteiger charge is 2.22. The van der Waals surface area contributed by atoms with E-state index in [0.717, 1.165) is 22.2 Å². The van der Waals surface area contributed by atoms with Gasteiger partial charge < -0.3 is 10.2 Å². The molecule has 1 aromatic carbocycles. The first kappa shape index (κ1) is 25.8. The molecule has 1 heterocycles. The summed E-state index contributed by atoms with van der Waals surface area (Å²) in [6.07, 6.45) is 0. The van der Waals surface area contributed by atoms with Gasteiger partial charge in [-0.05, 0) is 38.5 Å². The summed E-state index contributed by atoms with van der Waals surface area (Å²) in [6.45, 7) is 6.91. The van der Waals surface area contributed by atoms with Crippen LogP contribution in [0.5, 0.6) is 0 Å². The Labute approximate surface area is 195 Å². The lowest BCUT2D eigenvalue weighted by Crippen LogP contribution is -2.38. The Morgan fingerprint density at radius 1 is 1.24 bits per heavy atom. The summed E-state index contributed by atoms with van der Waals surface area (Å²) >= 11 is 1.63. The summed E-state index contributed by atoms with van der Waals surface area (Å²) in [6, 6.07) is 6.86. The van der Waals surface area contributed by atoms with Crippen LogP contribution in [0.4, 0.5) is 0 Å². The third kappa shape index (κ3) is 6.90. The van der Waals surface area contributed by atoms with Crippen LogP contribution in [-0.4, -0.2) is 55.8 Å². The summed E-state index contributed by atoms with van der Waals surface area (Å²) in [5, 5.41) is 6.40. The summed E-state index contributed by atoms with van der Waals surface area (Å²) in [5.41, 5.74) is 1.99. The van der Waals surface area contributed by atoms with E-state index >= 15 is 0 Å². The molecule has 0 saturated carbocycles. The summed E-state index contributed by atoms with van der Waals surface area (Å²) < 4.78 is 26.5. The third-order valence-electron chi connectivity index (χ3n) is 4.42. The van der Waals surface area contributed by atoms with Crippen LogP contribution in [-0.2, 0) is 23.1 Å². The number of rotatable bonds is 7. The van der Waals surface area contributed by atoms with Crippen molar-refractivity contribution in [2.45, 2.75) is 44.8 Å². The van der Waals surface area contributed by atoms with Gasteiger partial charge in [0, 0.05) is 39.1 Å². The Morgan fingerprint density at radius 3 is 2.34 bits per heavy atom. The van der Waals surface area contributed by atoms with Crippen molar-refractivity contribution in [3.8, 4) is 0 Å². The monoisotopic (exact) mass is 551 g/mol. The van der Waals surface area contributed by atoms with Crippen molar-refractivity contribution in [2.24, 2.45) is 4.99 Å². The molecule has 1 N–H and O–H groups in total. The minimum absolute atomic E-state index is 0. The number of sulfonamides is 1. The van der Waals surface area contributed by atoms with Gasteiger partial charge in [0.05, 0.1) is 22.1 Å². The molecule has 162 valence electrons. The van der Waals surface area contributed by atoms with Gasteiger partial charge >= 0.3 is 0 Å². The molecule has 7 nitrogen and oxygen atoms in total. The molecule has 10 heteroatoms. The van der Waals surface area contributed by atoms with Crippen LogP contribution >= 0.6 is 35.3 Å². The maximum Gasteiger partial charge on any atom is 0.243 e. The van der Waals surface area contributed by atoms with Crippen molar-refractivity contribution in [1.29, 1.82) is 0 Å². The van der Waals surface area contributed by atoms with E-state index in [1.807, 2.05) is 50.2 Å². The molecular formula is C19H30IN5O2S2. The second-order valence-electron chi connectivity index (χ2n) is 6.87. The highest BCUT2D eigenvalue weighted by molar-refractivity contribution is 14.0. The number of thiazole rings is 1. The van der Waals surface area contributed by atoms with E-state index in [-0.39, 0.29) is 30.0 Å². The fraction of sp³-hybridized carbons (Fsp3) is 0.474. The van der Waals surface area contributed by atoms with Gasteiger partial charge in [0.2, 0.25) is 10.0 Å². The number of hydrogen-bond acceptors (Lipinski definition) is 5. The lowest BCUT2D eigenvalue weighted by atomic mass is 10.2. The number of aromatic nitrogens is 1. The number of aliphatic imine (C=N–C) groups is 1. The van der Waals surface area contributed by atoms with Crippen LogP contribution in [0.3, 0.4) is 0 Å². The first-order valence-corrected chi connectivity index (χ1v) is 11.4. The number of hydrogen-bond donors (Lipinski definition) is 1. The molecule has 0 atom stereocenters. The van der Waals surface area contributed by atoms with Crippen LogP contribution < -0.4 is 5.32 Å². The van der Waals surface area contributed by atoms with Crippen LogP contribution in [0, 0.1) is 6.92 Å². The van der Waals surface area contributed by atoms with Crippen LogP contribution in [0.1, 0.15) is 30.1 Å². The number of halogens is 1. The molecule has 0 saturated heterocycles. The molecule has 1 aromatic heterocycles. The van der Waals surface area contributed by atoms with E-state index < -0.39 is 10.0 Å². The molecule has 0 fully saturated rings. The van der Waals surface area contributed by atoms with Crippen molar-refractivity contribution in [3.63, 3.8) is 0 Å². The van der Waals surface area contributed by atoms with Gasteiger partial charge in [-0.2, -0.15) is 4.31 Å². The van der Waals surface area contributed by atoms with Gasteiger partial charge in [-0.3, -0.25) is 4.99 Å². The van der Waals surface area contributed by atoms with Crippen molar-refractivity contribution in [2.75, 3.05) is 21.1 Å². The van der Waals surface area contributed by atoms with Crippen LogP contribution in [0.2, 0.25) is 0 Å². The molecule has 0 unspecified atom stereocenters. The van der Waals surface area contributed by atoms with Gasteiger partial charge in [-0.25, -0.2) is 13.4 Å². The maximum absolute atomic E-state index is 12.5. The van der Waals surface area contributed by atoms with Crippen molar-refractivity contribution >= 4 is 51.3 Å². The number of guanidine groups is 1. The zero-order chi connectivity index (χ0) is 20.9. The number of aryl methyl sites for hydroxylation is 1.